The van der Waals surface area contributed by atoms with Gasteiger partial charge in [-0.25, -0.2) is 0 Å². The van der Waals surface area contributed by atoms with Crippen LogP contribution in [-0.4, -0.2) is 43.0 Å². The highest BCUT2D eigenvalue weighted by Crippen LogP contribution is 1.74. The van der Waals surface area contributed by atoms with Gasteiger partial charge in [-0.05, 0) is 14.1 Å². The Balaban J connectivity index is 2.95. The summed E-state index contributed by atoms with van der Waals surface area (Å²) in [7, 11) is 5.40. The zero-order chi connectivity index (χ0) is 5.86. The molecule has 0 saturated carbocycles. The van der Waals surface area contributed by atoms with E-state index in [1.54, 1.807) is 7.05 Å². The number of rotatable bonds is 2. The number of hydroxylamine groups is 2. The first-order valence-electron chi connectivity index (χ1n) is 2.17. The van der Waals surface area contributed by atoms with Gasteiger partial charge in [0, 0.05) is 7.05 Å². The van der Waals surface area contributed by atoms with Gasteiger partial charge < -0.3 is 5.21 Å². The lowest BCUT2D eigenvalue weighted by molar-refractivity contribution is -0.0929. The molecular weight excluding hydrogens is 92.1 g/mol. The smallest absolute Gasteiger partial charge is 0.0746 e. The topological polar surface area (TPSA) is 26.7 Å². The molecule has 0 aromatic heterocycles. The van der Waals surface area contributed by atoms with Crippen LogP contribution in [-0.2, 0) is 0 Å². The monoisotopic (exact) mass is 104 g/mol. The Labute approximate surface area is 44.1 Å². The molecule has 0 radical (unpaired) electrons. The first-order valence-corrected chi connectivity index (χ1v) is 2.17. The minimum Gasteiger partial charge on any atom is -0.313 e. The van der Waals surface area contributed by atoms with Crippen LogP contribution in [0, 0.1) is 0 Å². The van der Waals surface area contributed by atoms with Gasteiger partial charge >= 0.3 is 0 Å². The van der Waals surface area contributed by atoms with Crippen molar-refractivity contribution >= 4 is 0 Å². The van der Waals surface area contributed by atoms with E-state index in [2.05, 4.69) is 0 Å². The van der Waals surface area contributed by atoms with Crippen molar-refractivity contribution in [3.63, 3.8) is 0 Å². The average Bonchev–Trinajstić information content (AvgIpc) is 1.27. The first-order chi connectivity index (χ1) is 3.13. The van der Waals surface area contributed by atoms with Gasteiger partial charge in [0.15, 0.2) is 0 Å². The molecule has 3 heteroatoms. The van der Waals surface area contributed by atoms with Crippen LogP contribution in [0.3, 0.4) is 0 Å². The molecule has 0 aliphatic heterocycles. The third-order valence-corrected chi connectivity index (χ3v) is 0.488. The van der Waals surface area contributed by atoms with Crippen molar-refractivity contribution in [3.8, 4) is 0 Å². The first kappa shape index (κ1) is 6.88. The molecule has 0 saturated heterocycles. The fraction of sp³-hybridized carbons (Fsp3) is 1.00. The minimum atomic E-state index is 0.583. The lowest BCUT2D eigenvalue weighted by Gasteiger charge is -2.13. The standard InChI is InChI=1S/C4H12N2O/c1-5(2)4-6(3)7/h7H,4H2,1-3H3. The molecule has 0 spiro atoms. The minimum absolute atomic E-state index is 0.583. The van der Waals surface area contributed by atoms with Gasteiger partial charge in [-0.1, -0.05) is 0 Å². The Morgan fingerprint density at radius 2 is 1.71 bits per heavy atom. The van der Waals surface area contributed by atoms with Gasteiger partial charge in [-0.3, -0.25) is 4.90 Å². The van der Waals surface area contributed by atoms with Gasteiger partial charge in [0.25, 0.3) is 0 Å². The van der Waals surface area contributed by atoms with E-state index in [0.717, 1.165) is 5.06 Å². The van der Waals surface area contributed by atoms with Crippen LogP contribution in [0.1, 0.15) is 0 Å². The second kappa shape index (κ2) is 2.96. The maximum absolute atomic E-state index is 8.51. The van der Waals surface area contributed by atoms with Gasteiger partial charge in [-0.15, -0.1) is 0 Å². The number of hydrogen-bond donors (Lipinski definition) is 1. The maximum Gasteiger partial charge on any atom is 0.0746 e. The highest BCUT2D eigenvalue weighted by atomic mass is 16.5. The Kier molecular flexibility index (Phi) is 2.91. The van der Waals surface area contributed by atoms with Crippen LogP contribution >= 0.6 is 0 Å². The molecule has 44 valence electrons. The molecule has 0 unspecified atom stereocenters. The van der Waals surface area contributed by atoms with Crippen molar-refractivity contribution in [1.82, 2.24) is 9.96 Å². The van der Waals surface area contributed by atoms with E-state index in [1.165, 1.54) is 0 Å². The quantitative estimate of drug-likeness (QED) is 0.389. The summed E-state index contributed by atoms with van der Waals surface area (Å²) in [5.74, 6) is 0. The van der Waals surface area contributed by atoms with Crippen LogP contribution < -0.4 is 0 Å². The van der Waals surface area contributed by atoms with Crippen LogP contribution in [0.15, 0.2) is 0 Å². The van der Waals surface area contributed by atoms with Crippen molar-refractivity contribution in [1.29, 1.82) is 0 Å². The van der Waals surface area contributed by atoms with Crippen molar-refractivity contribution in [2.24, 2.45) is 0 Å². The second-order valence-corrected chi connectivity index (χ2v) is 1.88. The Morgan fingerprint density at radius 1 is 1.29 bits per heavy atom. The average molecular weight is 104 g/mol. The van der Waals surface area contributed by atoms with E-state index in [1.807, 2.05) is 19.0 Å². The highest BCUT2D eigenvalue weighted by Gasteiger charge is 1.89. The normalized spacial score (nSPS) is 11.1. The van der Waals surface area contributed by atoms with E-state index in [9.17, 15) is 0 Å². The third kappa shape index (κ3) is 5.88. The largest absolute Gasteiger partial charge is 0.313 e. The molecule has 0 aromatic carbocycles. The number of nitrogens with zero attached hydrogens (tertiary/aromatic N) is 2. The van der Waals surface area contributed by atoms with Gasteiger partial charge in [0.2, 0.25) is 0 Å². The van der Waals surface area contributed by atoms with Crippen molar-refractivity contribution in [2.75, 3.05) is 27.8 Å². The molecular formula is C4H12N2O. The van der Waals surface area contributed by atoms with E-state index >= 15 is 0 Å². The molecule has 7 heavy (non-hydrogen) atoms. The molecule has 0 bridgehead atoms. The summed E-state index contributed by atoms with van der Waals surface area (Å²) in [6, 6.07) is 0. The highest BCUT2D eigenvalue weighted by molar-refractivity contribution is 4.29. The summed E-state index contributed by atoms with van der Waals surface area (Å²) in [4.78, 5) is 1.88. The maximum atomic E-state index is 8.51. The van der Waals surface area contributed by atoms with Gasteiger partial charge in [-0.2, -0.15) is 5.06 Å². The molecule has 0 atom stereocenters. The fourth-order valence-corrected chi connectivity index (χ4v) is 0.409. The zero-order valence-corrected chi connectivity index (χ0v) is 5.05. The molecule has 0 aromatic rings. The SMILES string of the molecule is CN(C)CN(C)O. The molecule has 0 fully saturated rings. The molecule has 0 rings (SSSR count). The Hall–Kier alpha value is -0.120. The third-order valence-electron chi connectivity index (χ3n) is 0.488. The lowest BCUT2D eigenvalue weighted by Crippen LogP contribution is -2.27. The van der Waals surface area contributed by atoms with Crippen LogP contribution in [0.4, 0.5) is 0 Å². The summed E-state index contributed by atoms with van der Waals surface area (Å²) >= 11 is 0. The van der Waals surface area contributed by atoms with Crippen LogP contribution in [0.2, 0.25) is 0 Å². The predicted octanol–water partition coefficient (Wildman–Crippen LogP) is -0.173. The van der Waals surface area contributed by atoms with E-state index in [4.69, 9.17) is 5.21 Å². The Morgan fingerprint density at radius 3 is 1.71 bits per heavy atom. The summed E-state index contributed by atoms with van der Waals surface area (Å²) in [6.45, 7) is 0.583. The van der Waals surface area contributed by atoms with Gasteiger partial charge in [0.1, 0.15) is 0 Å². The van der Waals surface area contributed by atoms with E-state index < -0.39 is 0 Å². The summed E-state index contributed by atoms with van der Waals surface area (Å²) < 4.78 is 0. The fourth-order valence-electron chi connectivity index (χ4n) is 0.409. The van der Waals surface area contributed by atoms with Crippen LogP contribution in [0.5, 0.6) is 0 Å². The van der Waals surface area contributed by atoms with Gasteiger partial charge in [0.05, 0.1) is 6.67 Å². The Bertz CT molecular complexity index is 39.0. The molecule has 3 nitrogen and oxygen atoms in total. The second-order valence-electron chi connectivity index (χ2n) is 1.88. The molecule has 1 N–H and O–H groups in total. The van der Waals surface area contributed by atoms with E-state index in [0.29, 0.717) is 6.67 Å². The molecule has 0 aliphatic rings. The van der Waals surface area contributed by atoms with Crippen molar-refractivity contribution in [3.05, 3.63) is 0 Å². The predicted molar refractivity (Wildman–Crippen MR) is 28.1 cm³/mol. The van der Waals surface area contributed by atoms with Crippen molar-refractivity contribution in [2.45, 2.75) is 0 Å². The summed E-state index contributed by atoms with van der Waals surface area (Å²) in [5, 5.41) is 9.64. The van der Waals surface area contributed by atoms with Crippen molar-refractivity contribution < 1.29 is 5.21 Å². The molecule has 0 heterocycles. The van der Waals surface area contributed by atoms with Crippen LogP contribution in [0.25, 0.3) is 0 Å². The molecule has 0 aliphatic carbocycles. The lowest BCUT2D eigenvalue weighted by atomic mass is 10.8. The summed E-state index contributed by atoms with van der Waals surface area (Å²) in [6.07, 6.45) is 0. The molecule has 0 amide bonds. The van der Waals surface area contributed by atoms with E-state index in [-0.39, 0.29) is 0 Å². The zero-order valence-electron chi connectivity index (χ0n) is 5.05. The summed E-state index contributed by atoms with van der Waals surface area (Å²) in [5.41, 5.74) is 0. The number of hydrogen-bond acceptors (Lipinski definition) is 3.